The third-order valence-corrected chi connectivity index (χ3v) is 4.63. The molecule has 2 aromatic heterocycles. The normalized spacial score (nSPS) is 17.1. The number of hydrogen-bond donors (Lipinski definition) is 1. The quantitative estimate of drug-likeness (QED) is 0.674. The van der Waals surface area contributed by atoms with Crippen LogP contribution in [0.5, 0.6) is 0 Å². The van der Waals surface area contributed by atoms with Crippen molar-refractivity contribution in [2.24, 2.45) is 14.1 Å². The zero-order chi connectivity index (χ0) is 19.7. The predicted molar refractivity (Wildman–Crippen MR) is 97.6 cm³/mol. The SMILES string of the molecule is CCOC(=O)CC1CNC(=O)CN1c1ccnc2c1c(=O)n(C)c(=O)n2C. The van der Waals surface area contributed by atoms with Crippen molar-refractivity contribution in [2.75, 3.05) is 24.6 Å². The van der Waals surface area contributed by atoms with Crippen LogP contribution in [0.3, 0.4) is 0 Å². The smallest absolute Gasteiger partial charge is 0.332 e. The molecule has 1 atom stereocenters. The van der Waals surface area contributed by atoms with Gasteiger partial charge in [0.1, 0.15) is 5.39 Å². The van der Waals surface area contributed by atoms with E-state index in [1.807, 2.05) is 0 Å². The molecule has 3 heterocycles. The molecular weight excluding hydrogens is 354 g/mol. The number of piperazine rings is 1. The van der Waals surface area contributed by atoms with Crippen LogP contribution in [0.25, 0.3) is 11.0 Å². The molecular formula is C17H21N5O5. The summed E-state index contributed by atoms with van der Waals surface area (Å²) in [5.41, 5.74) is -0.310. The molecule has 144 valence electrons. The van der Waals surface area contributed by atoms with Crippen LogP contribution in [0.2, 0.25) is 0 Å². The minimum absolute atomic E-state index is 0.0187. The lowest BCUT2D eigenvalue weighted by molar-refractivity contribution is -0.143. The summed E-state index contributed by atoms with van der Waals surface area (Å²) in [5, 5.41) is 2.96. The van der Waals surface area contributed by atoms with Crippen molar-refractivity contribution in [1.82, 2.24) is 19.4 Å². The summed E-state index contributed by atoms with van der Waals surface area (Å²) >= 11 is 0. The van der Waals surface area contributed by atoms with Gasteiger partial charge in [0, 0.05) is 26.8 Å². The Kier molecular flexibility index (Phi) is 4.98. The average Bonchev–Trinajstić information content (AvgIpc) is 2.65. The molecule has 0 radical (unpaired) electrons. The molecule has 0 aliphatic carbocycles. The van der Waals surface area contributed by atoms with E-state index >= 15 is 0 Å². The Morgan fingerprint density at radius 1 is 1.30 bits per heavy atom. The lowest BCUT2D eigenvalue weighted by Crippen LogP contribution is -2.55. The summed E-state index contributed by atoms with van der Waals surface area (Å²) in [6, 6.07) is 1.24. The van der Waals surface area contributed by atoms with E-state index in [0.29, 0.717) is 5.69 Å². The predicted octanol–water partition coefficient (Wildman–Crippen LogP) is -1.11. The maximum Gasteiger partial charge on any atom is 0.332 e. The highest BCUT2D eigenvalue weighted by Crippen LogP contribution is 2.25. The molecule has 0 bridgehead atoms. The maximum atomic E-state index is 12.8. The number of nitrogens with one attached hydrogen (secondary N) is 1. The van der Waals surface area contributed by atoms with E-state index in [2.05, 4.69) is 10.3 Å². The lowest BCUT2D eigenvalue weighted by atomic mass is 10.1. The van der Waals surface area contributed by atoms with Gasteiger partial charge in [-0.15, -0.1) is 0 Å². The van der Waals surface area contributed by atoms with Gasteiger partial charge in [0.2, 0.25) is 5.91 Å². The fraction of sp³-hybridized carbons (Fsp3) is 0.471. The summed E-state index contributed by atoms with van der Waals surface area (Å²) in [6.45, 7) is 2.21. The van der Waals surface area contributed by atoms with Crippen molar-refractivity contribution in [3.05, 3.63) is 33.1 Å². The summed E-state index contributed by atoms with van der Waals surface area (Å²) in [6.07, 6.45) is 1.54. The molecule has 1 N–H and O–H groups in total. The van der Waals surface area contributed by atoms with E-state index in [1.165, 1.54) is 24.9 Å². The van der Waals surface area contributed by atoms with E-state index in [-0.39, 0.29) is 55.1 Å². The second kappa shape index (κ2) is 7.22. The molecule has 1 saturated heterocycles. The van der Waals surface area contributed by atoms with Crippen molar-refractivity contribution < 1.29 is 14.3 Å². The van der Waals surface area contributed by atoms with Crippen LogP contribution in [0.1, 0.15) is 13.3 Å². The first-order chi connectivity index (χ1) is 12.8. The molecule has 0 saturated carbocycles. The van der Waals surface area contributed by atoms with Crippen LogP contribution in [0.15, 0.2) is 21.9 Å². The number of pyridine rings is 1. The largest absolute Gasteiger partial charge is 0.466 e. The number of carbonyl (C=O) groups is 2. The van der Waals surface area contributed by atoms with Crippen molar-refractivity contribution >= 4 is 28.6 Å². The summed E-state index contributed by atoms with van der Waals surface area (Å²) in [4.78, 5) is 54.8. The third-order valence-electron chi connectivity index (χ3n) is 4.63. The van der Waals surface area contributed by atoms with Gasteiger partial charge in [-0.2, -0.15) is 0 Å². The topological polar surface area (TPSA) is 116 Å². The van der Waals surface area contributed by atoms with Crippen molar-refractivity contribution in [3.63, 3.8) is 0 Å². The summed E-state index contributed by atoms with van der Waals surface area (Å²) < 4.78 is 7.30. The monoisotopic (exact) mass is 375 g/mol. The first kappa shape index (κ1) is 18.6. The van der Waals surface area contributed by atoms with Gasteiger partial charge in [-0.3, -0.25) is 23.5 Å². The first-order valence-electron chi connectivity index (χ1n) is 8.58. The van der Waals surface area contributed by atoms with Crippen molar-refractivity contribution in [2.45, 2.75) is 19.4 Å². The Morgan fingerprint density at radius 3 is 2.74 bits per heavy atom. The van der Waals surface area contributed by atoms with Gasteiger partial charge in [0.15, 0.2) is 5.65 Å². The molecule has 1 amide bonds. The Balaban J connectivity index is 2.16. The molecule has 1 fully saturated rings. The molecule has 3 rings (SSSR count). The molecule has 2 aromatic rings. The number of fused-ring (bicyclic) bond motifs is 1. The fourth-order valence-electron chi connectivity index (χ4n) is 3.27. The molecule has 1 unspecified atom stereocenters. The van der Waals surface area contributed by atoms with E-state index < -0.39 is 11.2 Å². The number of anilines is 1. The van der Waals surface area contributed by atoms with Gasteiger partial charge < -0.3 is 15.0 Å². The number of esters is 1. The summed E-state index contributed by atoms with van der Waals surface area (Å²) in [5.74, 6) is -0.607. The standard InChI is InChI=1S/C17H21N5O5/c1-4-27-13(24)7-10-8-19-12(23)9-22(10)11-5-6-18-15-14(11)16(25)21(3)17(26)20(15)2/h5-6,10H,4,7-9H2,1-3H3,(H,19,23). The maximum absolute atomic E-state index is 12.8. The van der Waals surface area contributed by atoms with Crippen LogP contribution in [-0.2, 0) is 28.4 Å². The van der Waals surface area contributed by atoms with Gasteiger partial charge in [0.05, 0.1) is 31.3 Å². The zero-order valence-electron chi connectivity index (χ0n) is 15.4. The van der Waals surface area contributed by atoms with E-state index in [1.54, 1.807) is 17.9 Å². The van der Waals surface area contributed by atoms with Crippen LogP contribution in [0, 0.1) is 0 Å². The molecule has 1 aliphatic rings. The molecule has 1 aliphatic heterocycles. The second-order valence-electron chi connectivity index (χ2n) is 6.33. The number of nitrogens with zero attached hydrogens (tertiary/aromatic N) is 4. The highest BCUT2D eigenvalue weighted by atomic mass is 16.5. The van der Waals surface area contributed by atoms with E-state index in [4.69, 9.17) is 4.74 Å². The molecule has 10 heteroatoms. The Morgan fingerprint density at radius 2 is 2.04 bits per heavy atom. The Hall–Kier alpha value is -3.17. The number of aryl methyl sites for hydroxylation is 1. The highest BCUT2D eigenvalue weighted by molar-refractivity contribution is 5.92. The van der Waals surface area contributed by atoms with Crippen LogP contribution in [0.4, 0.5) is 5.69 Å². The minimum atomic E-state index is -0.503. The number of carbonyl (C=O) groups excluding carboxylic acids is 2. The Bertz CT molecular complexity index is 1020. The van der Waals surface area contributed by atoms with Crippen molar-refractivity contribution in [1.29, 1.82) is 0 Å². The Labute approximate surface area is 154 Å². The number of amides is 1. The third kappa shape index (κ3) is 3.29. The van der Waals surface area contributed by atoms with Crippen LogP contribution >= 0.6 is 0 Å². The number of hydrogen-bond acceptors (Lipinski definition) is 7. The summed E-state index contributed by atoms with van der Waals surface area (Å²) in [7, 11) is 2.92. The van der Waals surface area contributed by atoms with Gasteiger partial charge in [-0.25, -0.2) is 9.78 Å². The molecule has 10 nitrogen and oxygen atoms in total. The van der Waals surface area contributed by atoms with Crippen LogP contribution < -0.4 is 21.5 Å². The van der Waals surface area contributed by atoms with E-state index in [9.17, 15) is 19.2 Å². The van der Waals surface area contributed by atoms with Gasteiger partial charge >= 0.3 is 11.7 Å². The second-order valence-corrected chi connectivity index (χ2v) is 6.33. The van der Waals surface area contributed by atoms with Crippen molar-refractivity contribution in [3.8, 4) is 0 Å². The highest BCUT2D eigenvalue weighted by Gasteiger charge is 2.31. The van der Waals surface area contributed by atoms with Gasteiger partial charge in [0.25, 0.3) is 5.56 Å². The zero-order valence-corrected chi connectivity index (χ0v) is 15.4. The number of rotatable bonds is 4. The van der Waals surface area contributed by atoms with Gasteiger partial charge in [-0.1, -0.05) is 0 Å². The number of ether oxygens (including phenoxy) is 1. The molecule has 0 spiro atoms. The fourth-order valence-corrected chi connectivity index (χ4v) is 3.27. The molecule has 27 heavy (non-hydrogen) atoms. The lowest BCUT2D eigenvalue weighted by Gasteiger charge is -2.37. The minimum Gasteiger partial charge on any atom is -0.466 e. The average molecular weight is 375 g/mol. The first-order valence-corrected chi connectivity index (χ1v) is 8.58. The molecule has 0 aromatic carbocycles. The van der Waals surface area contributed by atoms with Gasteiger partial charge in [-0.05, 0) is 13.0 Å². The number of aromatic nitrogens is 3. The van der Waals surface area contributed by atoms with E-state index in [0.717, 1.165) is 4.57 Å². The van der Waals surface area contributed by atoms with Crippen LogP contribution in [-0.4, -0.2) is 51.7 Å².